The standard InChI is InChI=1S/C15H16Cl2N4OS/c1-21-14(9-2-3-9)19-20-15(21)23-8-13(22)18-7-10-4-5-11(16)6-12(10)17/h4-6,9H,2-3,7-8H2,1H3,(H,18,22). The van der Waals surface area contributed by atoms with Gasteiger partial charge in [-0.25, -0.2) is 0 Å². The molecule has 1 aliphatic rings. The van der Waals surface area contributed by atoms with E-state index in [0.29, 0.717) is 28.3 Å². The number of carbonyl (C=O) groups excluding carboxylic acids is 1. The number of rotatable bonds is 6. The van der Waals surface area contributed by atoms with Crippen LogP contribution in [0.25, 0.3) is 0 Å². The van der Waals surface area contributed by atoms with Crippen molar-refractivity contribution in [3.05, 3.63) is 39.6 Å². The van der Waals surface area contributed by atoms with E-state index in [-0.39, 0.29) is 5.91 Å². The van der Waals surface area contributed by atoms with Gasteiger partial charge in [0.25, 0.3) is 0 Å². The Balaban J connectivity index is 1.49. The summed E-state index contributed by atoms with van der Waals surface area (Å²) in [4.78, 5) is 12.0. The Morgan fingerprint density at radius 3 is 2.87 bits per heavy atom. The highest BCUT2D eigenvalue weighted by Crippen LogP contribution is 2.39. The third-order valence-electron chi connectivity index (χ3n) is 3.63. The van der Waals surface area contributed by atoms with E-state index in [1.807, 2.05) is 17.7 Å². The molecule has 2 aromatic rings. The Bertz CT molecular complexity index is 730. The van der Waals surface area contributed by atoms with Gasteiger partial charge in [-0.3, -0.25) is 4.79 Å². The summed E-state index contributed by atoms with van der Waals surface area (Å²) in [6, 6.07) is 5.23. The van der Waals surface area contributed by atoms with Crippen LogP contribution in [0.3, 0.4) is 0 Å². The average Bonchev–Trinajstić information content (AvgIpc) is 3.28. The lowest BCUT2D eigenvalue weighted by Crippen LogP contribution is -2.24. The lowest BCUT2D eigenvalue weighted by atomic mass is 10.2. The van der Waals surface area contributed by atoms with Crippen LogP contribution in [0, 0.1) is 0 Å². The predicted molar refractivity (Wildman–Crippen MR) is 92.0 cm³/mol. The molecule has 0 saturated heterocycles. The molecule has 1 aromatic carbocycles. The van der Waals surface area contributed by atoms with Crippen LogP contribution in [0.1, 0.15) is 30.1 Å². The molecule has 1 heterocycles. The highest BCUT2D eigenvalue weighted by Gasteiger charge is 2.29. The van der Waals surface area contributed by atoms with Crippen molar-refractivity contribution in [2.45, 2.75) is 30.5 Å². The Hall–Kier alpha value is -1.24. The number of hydrogen-bond donors (Lipinski definition) is 1. The molecule has 0 spiro atoms. The van der Waals surface area contributed by atoms with Gasteiger partial charge in [0, 0.05) is 29.6 Å². The Kier molecular flexibility index (Phi) is 5.14. The maximum absolute atomic E-state index is 12.0. The number of halogens is 2. The normalized spacial score (nSPS) is 14.0. The van der Waals surface area contributed by atoms with Crippen molar-refractivity contribution in [2.24, 2.45) is 7.05 Å². The van der Waals surface area contributed by atoms with Crippen molar-refractivity contribution in [1.29, 1.82) is 0 Å². The van der Waals surface area contributed by atoms with Gasteiger partial charge >= 0.3 is 0 Å². The maximum Gasteiger partial charge on any atom is 0.230 e. The number of nitrogens with zero attached hydrogens (tertiary/aromatic N) is 3. The molecule has 1 aliphatic carbocycles. The molecule has 1 fully saturated rings. The van der Waals surface area contributed by atoms with Crippen LogP contribution in [0.4, 0.5) is 0 Å². The van der Waals surface area contributed by atoms with Crippen molar-refractivity contribution in [2.75, 3.05) is 5.75 Å². The second kappa shape index (κ2) is 7.11. The van der Waals surface area contributed by atoms with E-state index in [9.17, 15) is 4.79 Å². The topological polar surface area (TPSA) is 59.8 Å². The van der Waals surface area contributed by atoms with Crippen LogP contribution in [0.5, 0.6) is 0 Å². The van der Waals surface area contributed by atoms with Gasteiger partial charge in [-0.1, -0.05) is 41.0 Å². The molecule has 3 rings (SSSR count). The maximum atomic E-state index is 12.0. The first-order valence-corrected chi connectivity index (χ1v) is 9.01. The van der Waals surface area contributed by atoms with Gasteiger partial charge in [-0.2, -0.15) is 0 Å². The molecule has 0 aliphatic heterocycles. The van der Waals surface area contributed by atoms with Crippen LogP contribution < -0.4 is 5.32 Å². The van der Waals surface area contributed by atoms with E-state index in [0.717, 1.165) is 16.5 Å². The molecule has 0 radical (unpaired) electrons. The van der Waals surface area contributed by atoms with E-state index >= 15 is 0 Å². The van der Waals surface area contributed by atoms with Crippen LogP contribution in [0.15, 0.2) is 23.4 Å². The zero-order valence-electron chi connectivity index (χ0n) is 12.6. The van der Waals surface area contributed by atoms with E-state index in [1.165, 1.54) is 24.6 Å². The van der Waals surface area contributed by atoms with E-state index in [4.69, 9.17) is 23.2 Å². The minimum Gasteiger partial charge on any atom is -0.351 e. The summed E-state index contributed by atoms with van der Waals surface area (Å²) in [6.07, 6.45) is 2.36. The number of thioether (sulfide) groups is 1. The van der Waals surface area contributed by atoms with Gasteiger partial charge in [-0.15, -0.1) is 10.2 Å². The average molecular weight is 371 g/mol. The smallest absolute Gasteiger partial charge is 0.230 e. The molecule has 0 atom stereocenters. The van der Waals surface area contributed by atoms with Crippen molar-refractivity contribution in [1.82, 2.24) is 20.1 Å². The number of amides is 1. The third kappa shape index (κ3) is 4.19. The molecule has 1 N–H and O–H groups in total. The van der Waals surface area contributed by atoms with E-state index in [1.54, 1.807) is 12.1 Å². The summed E-state index contributed by atoms with van der Waals surface area (Å²) in [5.74, 6) is 1.78. The van der Waals surface area contributed by atoms with Crippen molar-refractivity contribution >= 4 is 40.9 Å². The molecule has 8 heteroatoms. The van der Waals surface area contributed by atoms with Gasteiger partial charge in [-0.05, 0) is 30.5 Å². The predicted octanol–water partition coefficient (Wildman–Crippen LogP) is 3.41. The molecule has 5 nitrogen and oxygen atoms in total. The number of hydrogen-bond acceptors (Lipinski definition) is 4. The van der Waals surface area contributed by atoms with Crippen LogP contribution in [-0.2, 0) is 18.4 Å². The zero-order valence-corrected chi connectivity index (χ0v) is 14.9. The fourth-order valence-corrected chi connectivity index (χ4v) is 3.41. The summed E-state index contributed by atoms with van der Waals surface area (Å²) in [5.41, 5.74) is 0.837. The van der Waals surface area contributed by atoms with E-state index in [2.05, 4.69) is 15.5 Å². The molecule has 122 valence electrons. The minimum absolute atomic E-state index is 0.0722. The Labute approximate surface area is 148 Å². The number of carbonyl (C=O) groups is 1. The summed E-state index contributed by atoms with van der Waals surface area (Å²) in [5, 5.41) is 13.1. The first kappa shape index (κ1) is 16.6. The number of benzene rings is 1. The molecule has 0 bridgehead atoms. The second-order valence-electron chi connectivity index (χ2n) is 5.48. The lowest BCUT2D eigenvalue weighted by Gasteiger charge is -2.07. The highest BCUT2D eigenvalue weighted by molar-refractivity contribution is 7.99. The molecule has 23 heavy (non-hydrogen) atoms. The van der Waals surface area contributed by atoms with Crippen molar-refractivity contribution in [3.63, 3.8) is 0 Å². The van der Waals surface area contributed by atoms with Gasteiger partial charge in [0.1, 0.15) is 5.82 Å². The summed E-state index contributed by atoms with van der Waals surface area (Å²) >= 11 is 13.3. The number of aromatic nitrogens is 3. The fourth-order valence-electron chi connectivity index (χ4n) is 2.19. The van der Waals surface area contributed by atoms with Crippen LogP contribution in [0.2, 0.25) is 10.0 Å². The fraction of sp³-hybridized carbons (Fsp3) is 0.400. The van der Waals surface area contributed by atoms with Gasteiger partial charge < -0.3 is 9.88 Å². The zero-order chi connectivity index (χ0) is 16.4. The van der Waals surface area contributed by atoms with Gasteiger partial charge in [0.15, 0.2) is 5.16 Å². The molecular formula is C15H16Cl2N4OS. The first-order valence-electron chi connectivity index (χ1n) is 7.27. The molecule has 0 unspecified atom stereocenters. The highest BCUT2D eigenvalue weighted by atomic mass is 35.5. The Morgan fingerprint density at radius 1 is 1.39 bits per heavy atom. The SMILES string of the molecule is Cn1c(SCC(=O)NCc2ccc(Cl)cc2Cl)nnc1C1CC1. The second-order valence-corrected chi connectivity index (χ2v) is 7.26. The summed E-state index contributed by atoms with van der Waals surface area (Å²) in [6.45, 7) is 0.377. The Morgan fingerprint density at radius 2 is 2.17 bits per heavy atom. The monoisotopic (exact) mass is 370 g/mol. The van der Waals surface area contributed by atoms with Gasteiger partial charge in [0.2, 0.25) is 5.91 Å². The van der Waals surface area contributed by atoms with E-state index < -0.39 is 0 Å². The van der Waals surface area contributed by atoms with Crippen LogP contribution in [-0.4, -0.2) is 26.4 Å². The molecular weight excluding hydrogens is 355 g/mol. The molecule has 1 saturated carbocycles. The quantitative estimate of drug-likeness (QED) is 0.791. The largest absolute Gasteiger partial charge is 0.351 e. The lowest BCUT2D eigenvalue weighted by molar-refractivity contribution is -0.118. The van der Waals surface area contributed by atoms with Gasteiger partial charge in [0.05, 0.1) is 5.75 Å². The van der Waals surface area contributed by atoms with Crippen molar-refractivity contribution in [3.8, 4) is 0 Å². The minimum atomic E-state index is -0.0722. The summed E-state index contributed by atoms with van der Waals surface area (Å²) < 4.78 is 1.98. The molecule has 1 aromatic heterocycles. The third-order valence-corrected chi connectivity index (χ3v) is 5.24. The first-order chi connectivity index (χ1) is 11.0. The van der Waals surface area contributed by atoms with Crippen LogP contribution >= 0.6 is 35.0 Å². The summed E-state index contributed by atoms with van der Waals surface area (Å²) in [7, 11) is 1.95. The molecule has 1 amide bonds. The van der Waals surface area contributed by atoms with Crippen molar-refractivity contribution < 1.29 is 4.79 Å². The number of nitrogens with one attached hydrogen (secondary N) is 1.